The first-order valence-electron chi connectivity index (χ1n) is 9.88. The van der Waals surface area contributed by atoms with Gasteiger partial charge in [0.25, 0.3) is 0 Å². The Morgan fingerprint density at radius 2 is 1.97 bits per heavy atom. The predicted octanol–water partition coefficient (Wildman–Crippen LogP) is 3.32. The van der Waals surface area contributed by atoms with Crippen LogP contribution in [0.15, 0.2) is 46.2 Å². The number of amides is 1. The Hall–Kier alpha value is -2.64. The number of carbonyl (C=O) groups is 1. The molecule has 1 N–H and O–H groups in total. The fraction of sp³-hybridized carbons (Fsp3) is 0.364. The summed E-state index contributed by atoms with van der Waals surface area (Å²) in [5.41, 5.74) is 3.13. The molecule has 3 aromatic rings. The molecule has 0 saturated carbocycles. The van der Waals surface area contributed by atoms with E-state index < -0.39 is 0 Å². The summed E-state index contributed by atoms with van der Waals surface area (Å²) < 4.78 is 5.61. The van der Waals surface area contributed by atoms with Gasteiger partial charge in [-0.2, -0.15) is 0 Å². The third kappa shape index (κ3) is 4.86. The van der Waals surface area contributed by atoms with Crippen molar-refractivity contribution >= 4 is 22.9 Å². The molecular weight excluding hydrogens is 384 g/mol. The molecule has 3 heterocycles. The van der Waals surface area contributed by atoms with Crippen molar-refractivity contribution in [2.45, 2.75) is 19.9 Å². The summed E-state index contributed by atoms with van der Waals surface area (Å²) in [7, 11) is 2.15. The molecule has 0 bridgehead atoms. The van der Waals surface area contributed by atoms with E-state index in [1.807, 2.05) is 30.5 Å². The lowest BCUT2D eigenvalue weighted by atomic mass is 10.1. The van der Waals surface area contributed by atoms with Crippen molar-refractivity contribution in [3.8, 4) is 10.8 Å². The van der Waals surface area contributed by atoms with Gasteiger partial charge in [0.15, 0.2) is 10.8 Å². The maximum absolute atomic E-state index is 12.5. The van der Waals surface area contributed by atoms with E-state index in [2.05, 4.69) is 45.3 Å². The maximum Gasteiger partial charge on any atom is 0.226 e. The van der Waals surface area contributed by atoms with E-state index in [1.165, 1.54) is 17.0 Å². The zero-order chi connectivity index (χ0) is 20.2. The molecule has 1 aromatic carbocycles. The van der Waals surface area contributed by atoms with Crippen molar-refractivity contribution in [3.63, 3.8) is 0 Å². The summed E-state index contributed by atoms with van der Waals surface area (Å²) >= 11 is 1.50. The van der Waals surface area contributed by atoms with E-state index in [0.29, 0.717) is 6.54 Å². The van der Waals surface area contributed by atoms with Crippen LogP contribution < -0.4 is 10.2 Å². The predicted molar refractivity (Wildman–Crippen MR) is 116 cm³/mol. The number of aromatic nitrogens is 1. The van der Waals surface area contributed by atoms with E-state index in [1.54, 1.807) is 0 Å². The van der Waals surface area contributed by atoms with Crippen LogP contribution in [0.2, 0.25) is 0 Å². The number of anilines is 1. The quantitative estimate of drug-likeness (QED) is 0.675. The van der Waals surface area contributed by atoms with E-state index in [9.17, 15) is 4.79 Å². The third-order valence-electron chi connectivity index (χ3n) is 5.16. The first-order chi connectivity index (χ1) is 14.1. The van der Waals surface area contributed by atoms with Gasteiger partial charge in [0.2, 0.25) is 5.91 Å². The second-order valence-corrected chi connectivity index (χ2v) is 8.28. The standard InChI is InChI=1S/C22H26N4O2S/c1-16-7-8-20(28-16)22-24-18(15-29-22)13-21(27)23-14-17-5-3-4-6-19(17)26-11-9-25(2)10-12-26/h3-8,15H,9-14H2,1-2H3,(H,23,27). The third-order valence-corrected chi connectivity index (χ3v) is 6.06. The van der Waals surface area contributed by atoms with Crippen LogP contribution in [0, 0.1) is 6.92 Å². The van der Waals surface area contributed by atoms with Crippen molar-refractivity contribution in [2.75, 3.05) is 38.1 Å². The lowest BCUT2D eigenvalue weighted by Crippen LogP contribution is -2.45. The van der Waals surface area contributed by atoms with E-state index in [-0.39, 0.29) is 12.3 Å². The highest BCUT2D eigenvalue weighted by Crippen LogP contribution is 2.26. The molecular formula is C22H26N4O2S. The molecule has 1 amide bonds. The highest BCUT2D eigenvalue weighted by Gasteiger charge is 2.17. The molecule has 2 aromatic heterocycles. The van der Waals surface area contributed by atoms with Crippen molar-refractivity contribution < 1.29 is 9.21 Å². The molecule has 152 valence electrons. The number of furan rings is 1. The molecule has 6 nitrogen and oxygen atoms in total. The molecule has 1 aliphatic heterocycles. The Labute approximate surface area is 175 Å². The molecule has 0 aliphatic carbocycles. The fourth-order valence-corrected chi connectivity index (χ4v) is 4.27. The number of piperazine rings is 1. The monoisotopic (exact) mass is 410 g/mol. The highest BCUT2D eigenvalue weighted by atomic mass is 32.1. The van der Waals surface area contributed by atoms with E-state index in [0.717, 1.165) is 54.0 Å². The van der Waals surface area contributed by atoms with Crippen molar-refractivity contribution in [2.24, 2.45) is 0 Å². The molecule has 7 heteroatoms. The number of nitrogens with one attached hydrogen (secondary N) is 1. The van der Waals surface area contributed by atoms with E-state index >= 15 is 0 Å². The number of hydrogen-bond acceptors (Lipinski definition) is 6. The van der Waals surface area contributed by atoms with Gasteiger partial charge in [-0.15, -0.1) is 11.3 Å². The fourth-order valence-electron chi connectivity index (χ4n) is 3.49. The number of thiazole rings is 1. The highest BCUT2D eigenvalue weighted by molar-refractivity contribution is 7.13. The molecule has 1 fully saturated rings. The number of aryl methyl sites for hydroxylation is 1. The van der Waals surface area contributed by atoms with Crippen molar-refractivity contribution in [1.29, 1.82) is 0 Å². The van der Waals surface area contributed by atoms with Gasteiger partial charge in [-0.3, -0.25) is 4.79 Å². The maximum atomic E-state index is 12.5. The Balaban J connectivity index is 1.35. The minimum absolute atomic E-state index is 0.0225. The Kier molecular flexibility index (Phi) is 5.97. The molecule has 0 unspecified atom stereocenters. The van der Waals surface area contributed by atoms with Crippen LogP contribution in [-0.2, 0) is 17.8 Å². The molecule has 1 aliphatic rings. The molecule has 29 heavy (non-hydrogen) atoms. The lowest BCUT2D eigenvalue weighted by molar-refractivity contribution is -0.120. The number of hydrogen-bond donors (Lipinski definition) is 1. The largest absolute Gasteiger partial charge is 0.459 e. The number of rotatable bonds is 6. The van der Waals surface area contributed by atoms with Crippen LogP contribution in [-0.4, -0.2) is 49.0 Å². The second-order valence-electron chi connectivity index (χ2n) is 7.43. The van der Waals surface area contributed by atoms with Crippen molar-refractivity contribution in [3.05, 3.63) is 58.8 Å². The van der Waals surface area contributed by atoms with Gasteiger partial charge in [0.05, 0.1) is 12.1 Å². The Morgan fingerprint density at radius 1 is 1.17 bits per heavy atom. The number of likely N-dealkylation sites (N-methyl/N-ethyl adjacent to an activating group) is 1. The SMILES string of the molecule is Cc1ccc(-c2nc(CC(=O)NCc3ccccc3N3CCN(C)CC3)cs2)o1. The van der Waals surface area contributed by atoms with Crippen molar-refractivity contribution in [1.82, 2.24) is 15.2 Å². The minimum atomic E-state index is -0.0225. The topological polar surface area (TPSA) is 61.6 Å². The van der Waals surface area contributed by atoms with Crippen LogP contribution >= 0.6 is 11.3 Å². The van der Waals surface area contributed by atoms with Gasteiger partial charge >= 0.3 is 0 Å². The number of benzene rings is 1. The number of nitrogens with zero attached hydrogens (tertiary/aromatic N) is 3. The minimum Gasteiger partial charge on any atom is -0.459 e. The van der Waals surface area contributed by atoms with Crippen LogP contribution in [0.4, 0.5) is 5.69 Å². The Bertz CT molecular complexity index is 973. The molecule has 0 atom stereocenters. The normalized spacial score (nSPS) is 14.9. The zero-order valence-electron chi connectivity index (χ0n) is 16.9. The Morgan fingerprint density at radius 3 is 2.72 bits per heavy atom. The molecule has 0 radical (unpaired) electrons. The summed E-state index contributed by atoms with van der Waals surface area (Å²) in [6.07, 6.45) is 0.271. The van der Waals surface area contributed by atoms with Gasteiger partial charge in [0, 0.05) is 43.8 Å². The van der Waals surface area contributed by atoms with Gasteiger partial charge < -0.3 is 19.5 Å². The lowest BCUT2D eigenvalue weighted by Gasteiger charge is -2.35. The summed E-state index contributed by atoms with van der Waals surface area (Å²) in [4.78, 5) is 21.8. The second kappa shape index (κ2) is 8.80. The molecule has 1 saturated heterocycles. The van der Waals surface area contributed by atoms with Gasteiger partial charge in [-0.05, 0) is 37.7 Å². The van der Waals surface area contributed by atoms with Crippen LogP contribution in [0.5, 0.6) is 0 Å². The average molecular weight is 411 g/mol. The first kappa shape index (κ1) is 19.7. The number of para-hydroxylation sites is 1. The first-order valence-corrected chi connectivity index (χ1v) is 10.8. The van der Waals surface area contributed by atoms with Gasteiger partial charge in [-0.1, -0.05) is 18.2 Å². The van der Waals surface area contributed by atoms with Crippen LogP contribution in [0.25, 0.3) is 10.8 Å². The summed E-state index contributed by atoms with van der Waals surface area (Å²) in [5, 5.41) is 5.78. The van der Waals surface area contributed by atoms with Gasteiger partial charge in [-0.25, -0.2) is 4.98 Å². The summed E-state index contributed by atoms with van der Waals surface area (Å²) in [6, 6.07) is 12.2. The average Bonchev–Trinajstić information content (AvgIpc) is 3.36. The smallest absolute Gasteiger partial charge is 0.226 e. The zero-order valence-corrected chi connectivity index (χ0v) is 17.7. The van der Waals surface area contributed by atoms with E-state index in [4.69, 9.17) is 4.42 Å². The summed E-state index contributed by atoms with van der Waals surface area (Å²) in [5.74, 6) is 1.58. The molecule has 0 spiro atoms. The summed E-state index contributed by atoms with van der Waals surface area (Å²) in [6.45, 7) is 6.57. The van der Waals surface area contributed by atoms with Gasteiger partial charge in [0.1, 0.15) is 5.76 Å². The molecule has 4 rings (SSSR count). The number of carbonyl (C=O) groups excluding carboxylic acids is 1. The van der Waals surface area contributed by atoms with Crippen LogP contribution in [0.1, 0.15) is 17.0 Å². The van der Waals surface area contributed by atoms with Crippen LogP contribution in [0.3, 0.4) is 0 Å².